The number of para-hydroxylation sites is 3. The van der Waals surface area contributed by atoms with Gasteiger partial charge in [-0.3, -0.25) is 4.31 Å². The van der Waals surface area contributed by atoms with Crippen molar-refractivity contribution in [2.45, 2.75) is 39.2 Å². The van der Waals surface area contributed by atoms with Gasteiger partial charge in [0.1, 0.15) is 5.60 Å². The average Bonchev–Trinajstić information content (AvgIpc) is 2.94. The molecule has 2 heterocycles. The SMILES string of the molecule is CC(C)(C)OC(=O)N1CCC(CN2c3ccccc3N(c3ccccc3)S2(=O)=O)CC1. The largest absolute Gasteiger partial charge is 0.444 e. The van der Waals surface area contributed by atoms with Gasteiger partial charge >= 0.3 is 16.3 Å². The van der Waals surface area contributed by atoms with Crippen LogP contribution in [0.5, 0.6) is 0 Å². The number of anilines is 3. The average molecular weight is 444 g/mol. The fourth-order valence-corrected chi connectivity index (χ4v) is 5.87. The van der Waals surface area contributed by atoms with Gasteiger partial charge < -0.3 is 9.64 Å². The van der Waals surface area contributed by atoms with Crippen molar-refractivity contribution in [2.24, 2.45) is 5.92 Å². The van der Waals surface area contributed by atoms with Gasteiger partial charge in [-0.15, -0.1) is 0 Å². The van der Waals surface area contributed by atoms with Crippen LogP contribution < -0.4 is 8.61 Å². The van der Waals surface area contributed by atoms with Crippen LogP contribution in [-0.4, -0.2) is 44.6 Å². The number of nitrogens with zero attached hydrogens (tertiary/aromatic N) is 3. The van der Waals surface area contributed by atoms with E-state index in [0.717, 1.165) is 12.8 Å². The quantitative estimate of drug-likeness (QED) is 0.699. The van der Waals surface area contributed by atoms with Crippen molar-refractivity contribution in [2.75, 3.05) is 28.2 Å². The standard InChI is InChI=1S/C23H29N3O4S/c1-23(2,3)30-22(27)24-15-13-18(14-16-24)17-25-20-11-7-8-12-21(20)26(31(25,28)29)19-9-5-4-6-10-19/h4-12,18H,13-17H2,1-3H3. The number of piperidine rings is 1. The van der Waals surface area contributed by atoms with Crippen molar-refractivity contribution >= 4 is 33.4 Å². The maximum atomic E-state index is 13.5. The Balaban J connectivity index is 1.50. The Bertz CT molecular complexity index is 1040. The van der Waals surface area contributed by atoms with Crippen LogP contribution in [0.2, 0.25) is 0 Å². The monoisotopic (exact) mass is 443 g/mol. The zero-order valence-electron chi connectivity index (χ0n) is 18.2. The highest BCUT2D eigenvalue weighted by molar-refractivity contribution is 7.95. The highest BCUT2D eigenvalue weighted by Crippen LogP contribution is 2.45. The molecule has 0 bridgehead atoms. The molecule has 2 aromatic carbocycles. The molecule has 0 aliphatic carbocycles. The van der Waals surface area contributed by atoms with Crippen LogP contribution in [0.4, 0.5) is 21.9 Å². The topological polar surface area (TPSA) is 70.2 Å². The van der Waals surface area contributed by atoms with Crippen LogP contribution in [0.3, 0.4) is 0 Å². The van der Waals surface area contributed by atoms with Crippen molar-refractivity contribution in [3.05, 3.63) is 54.6 Å². The molecule has 2 aromatic rings. The molecule has 0 saturated carbocycles. The second kappa shape index (κ2) is 8.07. The number of benzene rings is 2. The smallest absolute Gasteiger partial charge is 0.410 e. The lowest BCUT2D eigenvalue weighted by Gasteiger charge is -2.35. The fourth-order valence-electron chi connectivity index (χ4n) is 4.08. The molecule has 0 aromatic heterocycles. The van der Waals surface area contributed by atoms with Crippen molar-refractivity contribution in [1.29, 1.82) is 0 Å². The minimum absolute atomic E-state index is 0.164. The summed E-state index contributed by atoms with van der Waals surface area (Å²) >= 11 is 0. The van der Waals surface area contributed by atoms with Crippen LogP contribution in [0.15, 0.2) is 54.6 Å². The van der Waals surface area contributed by atoms with E-state index in [1.807, 2.05) is 63.2 Å². The van der Waals surface area contributed by atoms with Crippen molar-refractivity contribution < 1.29 is 17.9 Å². The molecule has 4 rings (SSSR count). The number of amides is 1. The lowest BCUT2D eigenvalue weighted by molar-refractivity contribution is 0.0187. The number of fused-ring (bicyclic) bond motifs is 1. The van der Waals surface area contributed by atoms with Crippen molar-refractivity contribution in [3.63, 3.8) is 0 Å². The molecule has 2 aliphatic rings. The predicted molar refractivity (Wildman–Crippen MR) is 122 cm³/mol. The van der Waals surface area contributed by atoms with E-state index in [0.29, 0.717) is 36.7 Å². The minimum Gasteiger partial charge on any atom is -0.444 e. The summed E-state index contributed by atoms with van der Waals surface area (Å²) in [7, 11) is -3.73. The molecule has 166 valence electrons. The number of rotatable bonds is 3. The highest BCUT2D eigenvalue weighted by atomic mass is 32.2. The van der Waals surface area contributed by atoms with E-state index in [1.54, 1.807) is 17.0 Å². The second-order valence-electron chi connectivity index (χ2n) is 9.04. The van der Waals surface area contributed by atoms with Gasteiger partial charge in [0, 0.05) is 19.6 Å². The Labute approximate surface area is 184 Å². The predicted octanol–water partition coefficient (Wildman–Crippen LogP) is 4.54. The van der Waals surface area contributed by atoms with E-state index < -0.39 is 15.8 Å². The van der Waals surface area contributed by atoms with Gasteiger partial charge in [0.25, 0.3) is 0 Å². The zero-order valence-corrected chi connectivity index (χ0v) is 19.0. The van der Waals surface area contributed by atoms with E-state index >= 15 is 0 Å². The Morgan fingerprint density at radius 3 is 2.16 bits per heavy atom. The van der Waals surface area contributed by atoms with E-state index in [-0.39, 0.29) is 12.0 Å². The molecular formula is C23H29N3O4S. The molecule has 7 nitrogen and oxygen atoms in total. The van der Waals surface area contributed by atoms with E-state index in [1.165, 1.54) is 8.61 Å². The van der Waals surface area contributed by atoms with Gasteiger partial charge in [-0.1, -0.05) is 30.3 Å². The molecule has 1 fully saturated rings. The molecule has 0 N–H and O–H groups in total. The molecule has 2 aliphatic heterocycles. The van der Waals surface area contributed by atoms with Gasteiger partial charge in [-0.25, -0.2) is 9.10 Å². The summed E-state index contributed by atoms with van der Waals surface area (Å²) in [4.78, 5) is 14.0. The summed E-state index contributed by atoms with van der Waals surface area (Å²) in [5.74, 6) is 0.164. The summed E-state index contributed by atoms with van der Waals surface area (Å²) in [5.41, 5.74) is 1.46. The molecule has 1 amide bonds. The summed E-state index contributed by atoms with van der Waals surface area (Å²) in [6.07, 6.45) is 1.16. The molecule has 1 saturated heterocycles. The molecule has 8 heteroatoms. The second-order valence-corrected chi connectivity index (χ2v) is 10.7. The maximum absolute atomic E-state index is 13.5. The summed E-state index contributed by atoms with van der Waals surface area (Å²) < 4.78 is 35.4. The summed E-state index contributed by atoms with van der Waals surface area (Å²) in [5, 5.41) is 0. The Morgan fingerprint density at radius 1 is 0.968 bits per heavy atom. The molecule has 0 atom stereocenters. The zero-order chi connectivity index (χ0) is 22.2. The van der Waals surface area contributed by atoms with Crippen LogP contribution in [-0.2, 0) is 14.9 Å². The third-order valence-electron chi connectivity index (χ3n) is 5.56. The van der Waals surface area contributed by atoms with Crippen LogP contribution >= 0.6 is 0 Å². The third kappa shape index (κ3) is 4.35. The number of ether oxygens (including phenoxy) is 1. The maximum Gasteiger partial charge on any atom is 0.410 e. The Hall–Kier alpha value is -2.74. The highest BCUT2D eigenvalue weighted by Gasteiger charge is 2.42. The lowest BCUT2D eigenvalue weighted by Crippen LogP contribution is -2.45. The first-order valence-corrected chi connectivity index (χ1v) is 12.0. The van der Waals surface area contributed by atoms with Gasteiger partial charge in [0.05, 0.1) is 17.1 Å². The molecule has 0 spiro atoms. The number of carbonyl (C=O) groups excluding carboxylic acids is 1. The van der Waals surface area contributed by atoms with Crippen LogP contribution in [0.1, 0.15) is 33.6 Å². The van der Waals surface area contributed by atoms with Gasteiger partial charge in [-0.2, -0.15) is 8.42 Å². The summed E-state index contributed by atoms with van der Waals surface area (Å²) in [6.45, 7) is 7.09. The number of hydrogen-bond acceptors (Lipinski definition) is 4. The number of hydrogen-bond donors (Lipinski definition) is 0. The van der Waals surface area contributed by atoms with E-state index in [4.69, 9.17) is 4.74 Å². The van der Waals surface area contributed by atoms with Gasteiger partial charge in [0.15, 0.2) is 0 Å². The minimum atomic E-state index is -3.73. The molecule has 31 heavy (non-hydrogen) atoms. The fraction of sp³-hybridized carbons (Fsp3) is 0.435. The summed E-state index contributed by atoms with van der Waals surface area (Å²) in [6, 6.07) is 16.6. The lowest BCUT2D eigenvalue weighted by atomic mass is 9.97. The Kier molecular flexibility index (Phi) is 5.60. The first-order valence-electron chi connectivity index (χ1n) is 10.6. The van der Waals surface area contributed by atoms with Crippen molar-refractivity contribution in [3.8, 4) is 0 Å². The van der Waals surface area contributed by atoms with Crippen LogP contribution in [0, 0.1) is 5.92 Å². The first kappa shape index (κ1) is 21.5. The Morgan fingerprint density at radius 2 is 1.55 bits per heavy atom. The number of likely N-dealkylation sites (tertiary alicyclic amines) is 1. The van der Waals surface area contributed by atoms with Crippen LogP contribution in [0.25, 0.3) is 0 Å². The molecular weight excluding hydrogens is 414 g/mol. The number of carbonyl (C=O) groups is 1. The van der Waals surface area contributed by atoms with Gasteiger partial charge in [-0.05, 0) is 63.8 Å². The first-order chi connectivity index (χ1) is 14.7. The molecule has 0 radical (unpaired) electrons. The normalized spacial score (nSPS) is 18.7. The van der Waals surface area contributed by atoms with Crippen molar-refractivity contribution in [1.82, 2.24) is 4.90 Å². The third-order valence-corrected chi connectivity index (χ3v) is 7.33. The molecule has 0 unspecified atom stereocenters. The van der Waals surface area contributed by atoms with Gasteiger partial charge in [0.2, 0.25) is 0 Å². The van der Waals surface area contributed by atoms with E-state index in [9.17, 15) is 13.2 Å². The van der Waals surface area contributed by atoms with E-state index in [2.05, 4.69) is 0 Å².